The largest absolute Gasteiger partial charge is 0.460 e. The van der Waals surface area contributed by atoms with E-state index in [1.54, 1.807) is 48.5 Å². The summed E-state index contributed by atoms with van der Waals surface area (Å²) in [7, 11) is 0. The van der Waals surface area contributed by atoms with E-state index in [-0.39, 0.29) is 12.4 Å². The molecule has 18 heavy (non-hydrogen) atoms. The number of hydrogen-bond donors (Lipinski definition) is 1. The van der Waals surface area contributed by atoms with Crippen LogP contribution >= 0.6 is 0 Å². The quantitative estimate of drug-likeness (QED) is 0.790. The molecule has 0 fully saturated rings. The first-order valence-corrected chi connectivity index (χ1v) is 5.93. The van der Waals surface area contributed by atoms with Crippen LogP contribution in [-0.2, 0) is 14.3 Å². The molecule has 1 N–H and O–H groups in total. The van der Waals surface area contributed by atoms with Gasteiger partial charge in [-0.3, -0.25) is 4.79 Å². The van der Waals surface area contributed by atoms with Gasteiger partial charge in [0.05, 0.1) is 12.5 Å². The standard InChI is InChI=1S/C13H24NO4/c1-9(8-10(15)17-12(2,3)4)14-11(16)18-13(5,6)7/h8H2,1-7H3,(H,14,16). The van der Waals surface area contributed by atoms with E-state index in [1.165, 1.54) is 0 Å². The smallest absolute Gasteiger partial charge is 0.408 e. The highest BCUT2D eigenvalue weighted by Crippen LogP contribution is 2.12. The lowest BCUT2D eigenvalue weighted by Gasteiger charge is -2.23. The first kappa shape index (κ1) is 16.7. The average Bonchev–Trinajstić information content (AvgIpc) is 1.92. The van der Waals surface area contributed by atoms with Crippen LogP contribution in [0.15, 0.2) is 0 Å². The van der Waals surface area contributed by atoms with Crippen LogP contribution in [0.5, 0.6) is 0 Å². The van der Waals surface area contributed by atoms with Gasteiger partial charge in [0.2, 0.25) is 0 Å². The molecule has 0 aliphatic rings. The molecule has 0 saturated carbocycles. The van der Waals surface area contributed by atoms with Crippen LogP contribution in [0.3, 0.4) is 0 Å². The van der Waals surface area contributed by atoms with Gasteiger partial charge in [-0.15, -0.1) is 0 Å². The van der Waals surface area contributed by atoms with E-state index in [0.717, 1.165) is 0 Å². The number of carbonyl (C=O) groups excluding carboxylic acids is 2. The number of esters is 1. The van der Waals surface area contributed by atoms with E-state index in [4.69, 9.17) is 9.47 Å². The third kappa shape index (κ3) is 9.93. The fourth-order valence-electron chi connectivity index (χ4n) is 1.12. The summed E-state index contributed by atoms with van der Waals surface area (Å²) >= 11 is 0. The van der Waals surface area contributed by atoms with Crippen molar-refractivity contribution >= 4 is 12.1 Å². The highest BCUT2D eigenvalue weighted by molar-refractivity contribution is 5.75. The molecule has 0 aliphatic heterocycles. The molecule has 0 aromatic rings. The molecule has 0 aromatic heterocycles. The summed E-state index contributed by atoms with van der Waals surface area (Å²) in [6.07, 6.45) is -0.528. The van der Waals surface area contributed by atoms with Crippen LogP contribution in [0.25, 0.3) is 0 Å². The zero-order valence-electron chi connectivity index (χ0n) is 12.3. The van der Waals surface area contributed by atoms with Crippen LogP contribution in [0, 0.1) is 6.04 Å². The Labute approximate surface area is 109 Å². The molecule has 0 heterocycles. The molecular formula is C13H24NO4. The summed E-state index contributed by atoms with van der Waals surface area (Å²) in [6, 6.07) is 0.499. The van der Waals surface area contributed by atoms with Gasteiger partial charge in [0.25, 0.3) is 0 Å². The molecule has 105 valence electrons. The fraction of sp³-hybridized carbons (Fsp3) is 0.769. The zero-order valence-corrected chi connectivity index (χ0v) is 12.3. The molecule has 0 bridgehead atoms. The van der Waals surface area contributed by atoms with Crippen molar-refractivity contribution < 1.29 is 19.1 Å². The molecule has 0 saturated heterocycles. The van der Waals surface area contributed by atoms with Crippen molar-refractivity contribution in [3.05, 3.63) is 6.04 Å². The predicted octanol–water partition coefficient (Wildman–Crippen LogP) is 2.79. The van der Waals surface area contributed by atoms with Crippen LogP contribution in [0.1, 0.15) is 54.9 Å². The predicted molar refractivity (Wildman–Crippen MR) is 68.7 cm³/mol. The number of alkyl carbamates (subject to hydrolysis) is 1. The summed E-state index contributed by atoms with van der Waals surface area (Å²) in [5.41, 5.74) is -1.08. The van der Waals surface area contributed by atoms with Crippen molar-refractivity contribution in [2.75, 3.05) is 0 Å². The van der Waals surface area contributed by atoms with E-state index < -0.39 is 17.3 Å². The topological polar surface area (TPSA) is 64.6 Å². The molecule has 1 radical (unpaired) electrons. The van der Waals surface area contributed by atoms with Gasteiger partial charge in [-0.2, -0.15) is 0 Å². The Kier molecular flexibility index (Phi) is 5.64. The van der Waals surface area contributed by atoms with Crippen molar-refractivity contribution in [2.45, 2.75) is 66.1 Å². The van der Waals surface area contributed by atoms with Gasteiger partial charge < -0.3 is 14.8 Å². The molecule has 0 aliphatic carbocycles. The first-order valence-electron chi connectivity index (χ1n) is 5.93. The van der Waals surface area contributed by atoms with E-state index in [0.29, 0.717) is 6.04 Å². The second kappa shape index (κ2) is 6.07. The monoisotopic (exact) mass is 258 g/mol. The Balaban J connectivity index is 4.08. The Hall–Kier alpha value is -1.26. The number of rotatable bonds is 3. The Morgan fingerprint density at radius 3 is 1.78 bits per heavy atom. The second-order valence-corrected chi connectivity index (χ2v) is 6.17. The molecule has 1 amide bonds. The highest BCUT2D eigenvalue weighted by atomic mass is 16.6. The third-order valence-corrected chi connectivity index (χ3v) is 1.54. The maximum absolute atomic E-state index is 11.5. The van der Waals surface area contributed by atoms with E-state index in [2.05, 4.69) is 5.32 Å². The summed E-state index contributed by atoms with van der Waals surface area (Å²) in [5.74, 6) is -0.379. The molecule has 5 nitrogen and oxygen atoms in total. The molecule has 0 aromatic carbocycles. The second-order valence-electron chi connectivity index (χ2n) is 6.17. The Morgan fingerprint density at radius 1 is 0.944 bits per heavy atom. The van der Waals surface area contributed by atoms with E-state index in [1.807, 2.05) is 0 Å². The lowest BCUT2D eigenvalue weighted by Crippen LogP contribution is -2.35. The van der Waals surface area contributed by atoms with Crippen LogP contribution in [0.4, 0.5) is 4.79 Å². The maximum Gasteiger partial charge on any atom is 0.408 e. The molecular weight excluding hydrogens is 234 g/mol. The lowest BCUT2D eigenvalue weighted by atomic mass is 10.2. The number of ether oxygens (including phenoxy) is 2. The van der Waals surface area contributed by atoms with Gasteiger partial charge in [-0.05, 0) is 48.5 Å². The van der Waals surface area contributed by atoms with Gasteiger partial charge in [0, 0.05) is 0 Å². The zero-order chi connectivity index (χ0) is 14.6. The summed E-state index contributed by atoms with van der Waals surface area (Å²) in [5, 5.41) is 2.51. The number of carbonyl (C=O) groups is 2. The van der Waals surface area contributed by atoms with E-state index in [9.17, 15) is 9.59 Å². The molecule has 0 rings (SSSR count). The normalized spacial score (nSPS) is 12.2. The summed E-state index contributed by atoms with van der Waals surface area (Å²) < 4.78 is 10.2. The Morgan fingerprint density at radius 2 is 1.39 bits per heavy atom. The van der Waals surface area contributed by atoms with Gasteiger partial charge in [-0.1, -0.05) is 0 Å². The highest BCUT2D eigenvalue weighted by Gasteiger charge is 2.22. The number of nitrogens with one attached hydrogen (secondary N) is 1. The molecule has 0 unspecified atom stereocenters. The number of amides is 1. The summed E-state index contributed by atoms with van der Waals surface area (Å²) in [6.45, 7) is 12.3. The molecule has 0 spiro atoms. The van der Waals surface area contributed by atoms with Gasteiger partial charge in [0.1, 0.15) is 11.2 Å². The van der Waals surface area contributed by atoms with Gasteiger partial charge in [-0.25, -0.2) is 4.79 Å². The maximum atomic E-state index is 11.5. The number of hydrogen-bond acceptors (Lipinski definition) is 4. The SMILES string of the molecule is C[C](CC(=O)OC(C)(C)C)NC(=O)OC(C)(C)C. The third-order valence-electron chi connectivity index (χ3n) is 1.54. The van der Waals surface area contributed by atoms with Crippen LogP contribution in [-0.4, -0.2) is 23.3 Å². The van der Waals surface area contributed by atoms with Crippen LogP contribution in [0.2, 0.25) is 0 Å². The molecule has 0 atom stereocenters. The van der Waals surface area contributed by atoms with E-state index >= 15 is 0 Å². The summed E-state index contributed by atoms with van der Waals surface area (Å²) in [4.78, 5) is 22.9. The van der Waals surface area contributed by atoms with Gasteiger partial charge >= 0.3 is 12.1 Å². The minimum atomic E-state index is -0.566. The van der Waals surface area contributed by atoms with Crippen molar-refractivity contribution in [2.24, 2.45) is 0 Å². The van der Waals surface area contributed by atoms with Crippen molar-refractivity contribution in [1.82, 2.24) is 5.32 Å². The minimum absolute atomic E-state index is 0.0382. The van der Waals surface area contributed by atoms with Crippen molar-refractivity contribution in [1.29, 1.82) is 0 Å². The van der Waals surface area contributed by atoms with Crippen molar-refractivity contribution in [3.8, 4) is 0 Å². The lowest BCUT2D eigenvalue weighted by molar-refractivity contribution is -0.154. The van der Waals surface area contributed by atoms with Gasteiger partial charge in [0.15, 0.2) is 0 Å². The molecule has 5 heteroatoms. The minimum Gasteiger partial charge on any atom is -0.460 e. The van der Waals surface area contributed by atoms with Crippen LogP contribution < -0.4 is 5.32 Å². The van der Waals surface area contributed by atoms with Crippen molar-refractivity contribution in [3.63, 3.8) is 0 Å². The fourth-order valence-corrected chi connectivity index (χ4v) is 1.12. The average molecular weight is 258 g/mol. The Bertz CT molecular complexity index is 269. The first-order chi connectivity index (χ1) is 7.89.